The first-order chi connectivity index (χ1) is 8.52. The average molecular weight is 256 g/mol. The minimum absolute atomic E-state index is 0.254. The quantitative estimate of drug-likeness (QED) is 0.713. The molecule has 0 N–H and O–H groups in total. The maximum absolute atomic E-state index is 2.39. The highest BCUT2D eigenvalue weighted by molar-refractivity contribution is 7.72. The summed E-state index contributed by atoms with van der Waals surface area (Å²) in [6.45, 7) is 11.3. The normalized spacial score (nSPS) is 11.0. The van der Waals surface area contributed by atoms with Crippen molar-refractivity contribution in [3.8, 4) is 0 Å². The highest BCUT2D eigenvalue weighted by atomic mass is 31.1. The number of aryl methyl sites for hydroxylation is 4. The molecule has 2 rings (SSSR count). The Labute approximate surface area is 112 Å². The lowest BCUT2D eigenvalue weighted by Gasteiger charge is -2.22. The largest absolute Gasteiger partial charge is 0.0617 e. The summed E-state index contributed by atoms with van der Waals surface area (Å²) in [6.07, 6.45) is 0. The first kappa shape index (κ1) is 13.3. The van der Waals surface area contributed by atoms with Gasteiger partial charge in [-0.15, -0.1) is 0 Å². The van der Waals surface area contributed by atoms with E-state index < -0.39 is 0 Å². The monoisotopic (exact) mass is 256 g/mol. The lowest BCUT2D eigenvalue weighted by Crippen LogP contribution is -2.20. The lowest BCUT2D eigenvalue weighted by atomic mass is 10.1. The average Bonchev–Trinajstić information content (AvgIpc) is 2.28. The predicted octanol–water partition coefficient (Wildman–Crippen LogP) is 3.98. The maximum atomic E-state index is 2.39. The highest BCUT2D eigenvalue weighted by Gasteiger charge is 2.16. The van der Waals surface area contributed by atoms with E-state index in [9.17, 15) is 0 Å². The zero-order valence-corrected chi connectivity index (χ0v) is 12.8. The second-order valence-electron chi connectivity index (χ2n) is 5.04. The number of hydrogen-bond acceptors (Lipinski definition) is 0. The Balaban J connectivity index is 2.58. The standard InChI is InChI=1S/C17H21P/c1-12-8-6-9-13(2)16(12)18(5)17-14(3)10-7-11-15(17)4/h6-11H,1-5H3. The van der Waals surface area contributed by atoms with Gasteiger partial charge in [-0.2, -0.15) is 0 Å². The molecule has 0 unspecified atom stereocenters. The van der Waals surface area contributed by atoms with E-state index in [4.69, 9.17) is 0 Å². The van der Waals surface area contributed by atoms with Gasteiger partial charge in [0.25, 0.3) is 0 Å². The first-order valence-electron chi connectivity index (χ1n) is 6.38. The molecule has 2 aromatic rings. The Morgan fingerprint density at radius 2 is 0.889 bits per heavy atom. The number of rotatable bonds is 2. The molecular weight excluding hydrogens is 235 g/mol. The van der Waals surface area contributed by atoms with Crippen molar-refractivity contribution in [1.82, 2.24) is 0 Å². The van der Waals surface area contributed by atoms with E-state index in [0.717, 1.165) is 0 Å². The molecule has 0 aliphatic carbocycles. The van der Waals surface area contributed by atoms with Gasteiger partial charge in [0.2, 0.25) is 0 Å². The van der Waals surface area contributed by atoms with Crippen molar-refractivity contribution in [2.75, 3.05) is 6.66 Å². The summed E-state index contributed by atoms with van der Waals surface area (Å²) in [6, 6.07) is 13.2. The second-order valence-corrected chi connectivity index (χ2v) is 7.05. The van der Waals surface area contributed by atoms with E-state index >= 15 is 0 Å². The molecule has 0 aromatic heterocycles. The minimum atomic E-state index is -0.254. The lowest BCUT2D eigenvalue weighted by molar-refractivity contribution is 1.42. The summed E-state index contributed by atoms with van der Waals surface area (Å²) < 4.78 is 0. The molecular formula is C17H21P. The third-order valence-electron chi connectivity index (χ3n) is 3.55. The first-order valence-corrected chi connectivity index (χ1v) is 8.17. The fourth-order valence-corrected chi connectivity index (χ4v) is 5.42. The van der Waals surface area contributed by atoms with Crippen LogP contribution in [0.3, 0.4) is 0 Å². The number of benzene rings is 2. The Hall–Kier alpha value is -1.13. The van der Waals surface area contributed by atoms with Gasteiger partial charge in [0.05, 0.1) is 0 Å². The topological polar surface area (TPSA) is 0 Å². The van der Waals surface area contributed by atoms with Crippen molar-refractivity contribution in [1.29, 1.82) is 0 Å². The van der Waals surface area contributed by atoms with Crippen molar-refractivity contribution in [3.05, 3.63) is 58.7 Å². The Bertz CT molecular complexity index is 478. The molecule has 0 bridgehead atoms. The maximum Gasteiger partial charge on any atom is -0.0140 e. The molecule has 2 aromatic carbocycles. The molecule has 0 spiro atoms. The third kappa shape index (κ3) is 2.35. The van der Waals surface area contributed by atoms with Crippen LogP contribution in [0.15, 0.2) is 36.4 Å². The summed E-state index contributed by atoms with van der Waals surface area (Å²) in [4.78, 5) is 0. The molecule has 0 saturated carbocycles. The van der Waals surface area contributed by atoms with Gasteiger partial charge in [0.15, 0.2) is 0 Å². The second kappa shape index (κ2) is 5.24. The van der Waals surface area contributed by atoms with Gasteiger partial charge in [-0.1, -0.05) is 36.4 Å². The molecule has 0 fully saturated rings. The summed E-state index contributed by atoms with van der Waals surface area (Å²) in [5.41, 5.74) is 5.69. The van der Waals surface area contributed by atoms with Gasteiger partial charge in [0, 0.05) is 0 Å². The zero-order valence-electron chi connectivity index (χ0n) is 11.9. The molecule has 0 heterocycles. The van der Waals surface area contributed by atoms with Crippen LogP contribution in [0.5, 0.6) is 0 Å². The molecule has 1 heteroatoms. The Morgan fingerprint density at radius 3 is 1.17 bits per heavy atom. The van der Waals surface area contributed by atoms with Gasteiger partial charge >= 0.3 is 0 Å². The van der Waals surface area contributed by atoms with E-state index in [2.05, 4.69) is 70.8 Å². The minimum Gasteiger partial charge on any atom is -0.0617 e. The molecule has 0 radical (unpaired) electrons. The van der Waals surface area contributed by atoms with E-state index in [1.165, 1.54) is 22.3 Å². The van der Waals surface area contributed by atoms with Crippen molar-refractivity contribution < 1.29 is 0 Å². The smallest absolute Gasteiger partial charge is 0.0140 e. The summed E-state index contributed by atoms with van der Waals surface area (Å²) in [5, 5.41) is 3.09. The third-order valence-corrected chi connectivity index (χ3v) is 6.30. The van der Waals surface area contributed by atoms with Crippen LogP contribution in [0.1, 0.15) is 22.3 Å². The molecule has 0 amide bonds. The van der Waals surface area contributed by atoms with Crippen LogP contribution in [0.4, 0.5) is 0 Å². The van der Waals surface area contributed by atoms with Crippen molar-refractivity contribution >= 4 is 18.5 Å². The van der Waals surface area contributed by atoms with Crippen molar-refractivity contribution in [3.63, 3.8) is 0 Å². The fourth-order valence-electron chi connectivity index (χ4n) is 2.78. The summed E-state index contributed by atoms with van der Waals surface area (Å²) in [7, 11) is -0.254. The van der Waals surface area contributed by atoms with Crippen molar-refractivity contribution in [2.24, 2.45) is 0 Å². The SMILES string of the molecule is Cc1cccc(C)c1P(C)c1c(C)cccc1C. The zero-order chi connectivity index (χ0) is 13.3. The van der Waals surface area contributed by atoms with Crippen LogP contribution in [-0.2, 0) is 0 Å². The van der Waals surface area contributed by atoms with Crippen LogP contribution < -0.4 is 10.6 Å². The van der Waals surface area contributed by atoms with Crippen LogP contribution in [0, 0.1) is 27.7 Å². The van der Waals surface area contributed by atoms with E-state index in [0.29, 0.717) is 0 Å². The number of hydrogen-bond donors (Lipinski definition) is 0. The Morgan fingerprint density at radius 1 is 0.611 bits per heavy atom. The van der Waals surface area contributed by atoms with Gasteiger partial charge in [-0.25, -0.2) is 0 Å². The van der Waals surface area contributed by atoms with Crippen LogP contribution >= 0.6 is 7.92 Å². The predicted molar refractivity (Wildman–Crippen MR) is 83.9 cm³/mol. The molecule has 0 aliphatic heterocycles. The summed E-state index contributed by atoms with van der Waals surface area (Å²) in [5.74, 6) is 0. The Kier molecular flexibility index (Phi) is 3.88. The molecule has 0 atom stereocenters. The van der Waals surface area contributed by atoms with Gasteiger partial charge in [-0.3, -0.25) is 0 Å². The van der Waals surface area contributed by atoms with Gasteiger partial charge < -0.3 is 0 Å². The van der Waals surface area contributed by atoms with Crippen molar-refractivity contribution in [2.45, 2.75) is 27.7 Å². The highest BCUT2D eigenvalue weighted by Crippen LogP contribution is 2.34. The van der Waals surface area contributed by atoms with Crippen LogP contribution in [-0.4, -0.2) is 6.66 Å². The fraction of sp³-hybridized carbons (Fsp3) is 0.294. The van der Waals surface area contributed by atoms with E-state index in [1.807, 2.05) is 0 Å². The van der Waals surface area contributed by atoms with E-state index in [-0.39, 0.29) is 7.92 Å². The molecule has 0 nitrogen and oxygen atoms in total. The molecule has 18 heavy (non-hydrogen) atoms. The molecule has 94 valence electrons. The van der Waals surface area contributed by atoms with Crippen LogP contribution in [0.2, 0.25) is 0 Å². The van der Waals surface area contributed by atoms with E-state index in [1.54, 1.807) is 10.6 Å². The summed E-state index contributed by atoms with van der Waals surface area (Å²) >= 11 is 0. The van der Waals surface area contributed by atoms with Gasteiger partial charge in [0.1, 0.15) is 0 Å². The molecule has 0 aliphatic rings. The van der Waals surface area contributed by atoms with Gasteiger partial charge in [-0.05, 0) is 75.1 Å². The molecule has 0 saturated heterocycles. The van der Waals surface area contributed by atoms with Crippen LogP contribution in [0.25, 0.3) is 0 Å².